The first-order valence-corrected chi connectivity index (χ1v) is 6.68. The fraction of sp³-hybridized carbons (Fsp3) is 0.286. The molecule has 1 aliphatic carbocycles. The second-order valence-corrected chi connectivity index (χ2v) is 5.34. The Bertz CT molecular complexity index is 505. The van der Waals surface area contributed by atoms with Gasteiger partial charge in [0.25, 0.3) is 0 Å². The minimum atomic E-state index is 0. The summed E-state index contributed by atoms with van der Waals surface area (Å²) in [5.74, 6) is 1.94. The Hall–Kier alpha value is -0.770. The molecule has 0 amide bonds. The van der Waals surface area contributed by atoms with Gasteiger partial charge in [-0.3, -0.25) is 0 Å². The fourth-order valence-electron chi connectivity index (χ4n) is 1.77. The van der Waals surface area contributed by atoms with Crippen LogP contribution < -0.4 is 5.32 Å². The van der Waals surface area contributed by atoms with Gasteiger partial charge >= 0.3 is 0 Å². The molecule has 1 N–H and O–H groups in total. The van der Waals surface area contributed by atoms with Crippen molar-refractivity contribution in [2.24, 2.45) is 0 Å². The minimum absolute atomic E-state index is 0. The van der Waals surface area contributed by atoms with E-state index in [4.69, 9.17) is 4.42 Å². The number of hydrogen-bond acceptors (Lipinski definition) is 2. The molecule has 1 aliphatic rings. The van der Waals surface area contributed by atoms with Crippen LogP contribution in [0.3, 0.4) is 0 Å². The van der Waals surface area contributed by atoms with Crippen LogP contribution in [0.15, 0.2) is 45.3 Å². The topological polar surface area (TPSA) is 25.2 Å². The lowest BCUT2D eigenvalue weighted by atomic mass is 10.2. The van der Waals surface area contributed by atoms with E-state index in [1.165, 1.54) is 12.8 Å². The van der Waals surface area contributed by atoms with Crippen LogP contribution in [0.4, 0.5) is 0 Å². The average molecular weight is 329 g/mol. The molecule has 0 spiro atoms. The molecule has 0 saturated heterocycles. The summed E-state index contributed by atoms with van der Waals surface area (Å²) in [6, 6.07) is 13.0. The van der Waals surface area contributed by atoms with Gasteiger partial charge in [-0.1, -0.05) is 28.1 Å². The predicted octanol–water partition coefficient (Wildman–Crippen LogP) is 4.38. The highest BCUT2D eigenvalue weighted by atomic mass is 79.9. The van der Waals surface area contributed by atoms with Gasteiger partial charge in [-0.15, -0.1) is 12.4 Å². The van der Waals surface area contributed by atoms with Crippen LogP contribution in [-0.4, -0.2) is 6.04 Å². The molecule has 1 aromatic carbocycles. The van der Waals surface area contributed by atoms with Crippen molar-refractivity contribution in [3.63, 3.8) is 0 Å². The SMILES string of the molecule is Brc1ccc(-c2ccc(CNC3CC3)o2)cc1.Cl. The van der Waals surface area contributed by atoms with Gasteiger partial charge in [0.05, 0.1) is 6.54 Å². The zero-order valence-electron chi connectivity index (χ0n) is 9.86. The van der Waals surface area contributed by atoms with Crippen molar-refractivity contribution in [3.05, 3.63) is 46.6 Å². The Balaban J connectivity index is 0.00000120. The number of rotatable bonds is 4. The molecule has 18 heavy (non-hydrogen) atoms. The highest BCUT2D eigenvalue weighted by Crippen LogP contribution is 2.25. The first kappa shape index (κ1) is 13.7. The summed E-state index contributed by atoms with van der Waals surface area (Å²) in [5, 5.41) is 3.45. The van der Waals surface area contributed by atoms with E-state index >= 15 is 0 Å². The maximum Gasteiger partial charge on any atom is 0.134 e. The average Bonchev–Trinajstić information content (AvgIpc) is 3.06. The summed E-state index contributed by atoms with van der Waals surface area (Å²) in [6.07, 6.45) is 2.61. The first-order valence-electron chi connectivity index (χ1n) is 5.89. The third-order valence-corrected chi connectivity index (χ3v) is 3.46. The molecule has 0 bridgehead atoms. The maximum atomic E-state index is 5.81. The third-order valence-electron chi connectivity index (χ3n) is 2.93. The Kier molecular flexibility index (Phi) is 4.49. The lowest BCUT2D eigenvalue weighted by molar-refractivity contribution is 0.492. The number of nitrogens with one attached hydrogen (secondary N) is 1. The normalized spacial score (nSPS) is 14.3. The van der Waals surface area contributed by atoms with Crippen LogP contribution in [-0.2, 0) is 6.54 Å². The lowest BCUT2D eigenvalue weighted by Gasteiger charge is -1.99. The van der Waals surface area contributed by atoms with Crippen molar-refractivity contribution in [3.8, 4) is 11.3 Å². The van der Waals surface area contributed by atoms with Crippen LogP contribution in [0.25, 0.3) is 11.3 Å². The Labute approximate surface area is 121 Å². The minimum Gasteiger partial charge on any atom is -0.460 e. The largest absolute Gasteiger partial charge is 0.460 e. The Morgan fingerprint density at radius 3 is 2.50 bits per heavy atom. The van der Waals surface area contributed by atoms with Gasteiger partial charge in [0.15, 0.2) is 0 Å². The van der Waals surface area contributed by atoms with Crippen LogP contribution in [0.1, 0.15) is 18.6 Å². The number of benzene rings is 1. The molecule has 0 aliphatic heterocycles. The molecule has 1 aromatic heterocycles. The van der Waals surface area contributed by atoms with Gasteiger partial charge in [0.2, 0.25) is 0 Å². The molecule has 0 unspecified atom stereocenters. The fourth-order valence-corrected chi connectivity index (χ4v) is 2.04. The van der Waals surface area contributed by atoms with Crippen LogP contribution in [0.5, 0.6) is 0 Å². The monoisotopic (exact) mass is 327 g/mol. The molecular weight excluding hydrogens is 314 g/mol. The van der Waals surface area contributed by atoms with E-state index in [0.717, 1.165) is 34.1 Å². The van der Waals surface area contributed by atoms with E-state index in [2.05, 4.69) is 33.4 Å². The van der Waals surface area contributed by atoms with E-state index in [0.29, 0.717) is 0 Å². The summed E-state index contributed by atoms with van der Waals surface area (Å²) >= 11 is 3.43. The molecular formula is C14H15BrClNO. The van der Waals surface area contributed by atoms with Gasteiger partial charge in [-0.05, 0) is 37.1 Å². The molecule has 1 saturated carbocycles. The molecule has 0 atom stereocenters. The van der Waals surface area contributed by atoms with Gasteiger partial charge < -0.3 is 9.73 Å². The summed E-state index contributed by atoms with van der Waals surface area (Å²) in [4.78, 5) is 0. The Morgan fingerprint density at radius 1 is 1.11 bits per heavy atom. The highest BCUT2D eigenvalue weighted by molar-refractivity contribution is 9.10. The highest BCUT2D eigenvalue weighted by Gasteiger charge is 2.20. The van der Waals surface area contributed by atoms with Crippen molar-refractivity contribution in [1.82, 2.24) is 5.32 Å². The third kappa shape index (κ3) is 3.37. The van der Waals surface area contributed by atoms with Crippen LogP contribution >= 0.6 is 28.3 Å². The second kappa shape index (κ2) is 5.91. The molecule has 2 nitrogen and oxygen atoms in total. The van der Waals surface area contributed by atoms with Gasteiger partial charge in [-0.2, -0.15) is 0 Å². The van der Waals surface area contributed by atoms with Crippen molar-refractivity contribution in [1.29, 1.82) is 0 Å². The van der Waals surface area contributed by atoms with E-state index < -0.39 is 0 Å². The first-order chi connectivity index (χ1) is 8.31. The van der Waals surface area contributed by atoms with Gasteiger partial charge in [0, 0.05) is 16.1 Å². The van der Waals surface area contributed by atoms with Crippen LogP contribution in [0.2, 0.25) is 0 Å². The Morgan fingerprint density at radius 2 is 1.83 bits per heavy atom. The van der Waals surface area contributed by atoms with Gasteiger partial charge in [-0.25, -0.2) is 0 Å². The quantitative estimate of drug-likeness (QED) is 0.901. The number of furan rings is 1. The number of hydrogen-bond donors (Lipinski definition) is 1. The van der Waals surface area contributed by atoms with Crippen molar-refractivity contribution in [2.75, 3.05) is 0 Å². The smallest absolute Gasteiger partial charge is 0.134 e. The molecule has 1 fully saturated rings. The van der Waals surface area contributed by atoms with E-state index in [-0.39, 0.29) is 12.4 Å². The zero-order valence-corrected chi connectivity index (χ0v) is 12.3. The van der Waals surface area contributed by atoms with Gasteiger partial charge in [0.1, 0.15) is 11.5 Å². The summed E-state index contributed by atoms with van der Waals surface area (Å²) in [7, 11) is 0. The lowest BCUT2D eigenvalue weighted by Crippen LogP contribution is -2.14. The van der Waals surface area contributed by atoms with Crippen LogP contribution in [0, 0.1) is 0 Å². The predicted molar refractivity (Wildman–Crippen MR) is 79.0 cm³/mol. The summed E-state index contributed by atoms with van der Waals surface area (Å²) in [5.41, 5.74) is 1.12. The molecule has 0 radical (unpaired) electrons. The molecule has 4 heteroatoms. The standard InChI is InChI=1S/C14H14BrNO.ClH/c15-11-3-1-10(2-4-11)14-8-7-13(17-14)9-16-12-5-6-12;/h1-4,7-8,12,16H,5-6,9H2;1H. The van der Waals surface area contributed by atoms with Crippen molar-refractivity contribution < 1.29 is 4.42 Å². The molecule has 96 valence electrons. The number of halogens is 2. The van der Waals surface area contributed by atoms with Crippen molar-refractivity contribution >= 4 is 28.3 Å². The van der Waals surface area contributed by atoms with E-state index in [9.17, 15) is 0 Å². The second-order valence-electron chi connectivity index (χ2n) is 4.43. The molecule has 2 aromatic rings. The van der Waals surface area contributed by atoms with E-state index in [1.807, 2.05) is 24.3 Å². The summed E-state index contributed by atoms with van der Waals surface area (Å²) in [6.45, 7) is 0.835. The maximum absolute atomic E-state index is 5.81. The zero-order chi connectivity index (χ0) is 11.7. The molecule has 1 heterocycles. The van der Waals surface area contributed by atoms with Crippen molar-refractivity contribution in [2.45, 2.75) is 25.4 Å². The molecule has 3 rings (SSSR count). The summed E-state index contributed by atoms with van der Waals surface area (Å²) < 4.78 is 6.90. The van der Waals surface area contributed by atoms with E-state index in [1.54, 1.807) is 0 Å².